The molecule has 2 rings (SSSR count). The lowest BCUT2D eigenvalue weighted by Crippen LogP contribution is -2.36. The standard InChI is InChI=1S/C14H19F3N2O/c15-14(16,17)10-5-6-13(12(18)9-10)19(7-8-20)11-3-1-2-4-11/h5-6,9,11,20H,1-4,7-8,18H2. The number of hydrogen-bond donors (Lipinski definition) is 2. The first kappa shape index (κ1) is 15.0. The molecule has 0 heterocycles. The van der Waals surface area contributed by atoms with Gasteiger partial charge in [-0.05, 0) is 31.0 Å². The Labute approximate surface area is 116 Å². The number of hydrogen-bond acceptors (Lipinski definition) is 3. The maximum atomic E-state index is 12.6. The molecule has 0 atom stereocenters. The molecule has 6 heteroatoms. The van der Waals surface area contributed by atoms with E-state index in [-0.39, 0.29) is 18.3 Å². The number of benzene rings is 1. The summed E-state index contributed by atoms with van der Waals surface area (Å²) in [6.07, 6.45) is -0.205. The van der Waals surface area contributed by atoms with Gasteiger partial charge in [-0.15, -0.1) is 0 Å². The van der Waals surface area contributed by atoms with Crippen LogP contribution in [0.25, 0.3) is 0 Å². The molecular weight excluding hydrogens is 269 g/mol. The van der Waals surface area contributed by atoms with Gasteiger partial charge in [-0.1, -0.05) is 12.8 Å². The third kappa shape index (κ3) is 3.17. The molecule has 0 amide bonds. The largest absolute Gasteiger partial charge is 0.416 e. The van der Waals surface area contributed by atoms with Gasteiger partial charge in [-0.25, -0.2) is 0 Å². The average molecular weight is 288 g/mol. The fourth-order valence-electron chi connectivity index (χ4n) is 2.82. The van der Waals surface area contributed by atoms with Gasteiger partial charge in [0.1, 0.15) is 0 Å². The Morgan fingerprint density at radius 3 is 2.40 bits per heavy atom. The number of rotatable bonds is 4. The Bertz CT molecular complexity index is 456. The summed E-state index contributed by atoms with van der Waals surface area (Å²) in [6.45, 7) is 0.344. The Hall–Kier alpha value is -1.43. The Morgan fingerprint density at radius 1 is 1.25 bits per heavy atom. The number of anilines is 2. The van der Waals surface area contributed by atoms with E-state index in [4.69, 9.17) is 5.73 Å². The second-order valence-corrected chi connectivity index (χ2v) is 5.13. The van der Waals surface area contributed by atoms with Crippen LogP contribution in [0.4, 0.5) is 24.5 Å². The lowest BCUT2D eigenvalue weighted by atomic mass is 10.1. The fourth-order valence-corrected chi connectivity index (χ4v) is 2.82. The highest BCUT2D eigenvalue weighted by Crippen LogP contribution is 2.36. The first-order valence-corrected chi connectivity index (χ1v) is 6.77. The molecule has 1 fully saturated rings. The van der Waals surface area contributed by atoms with Crippen molar-refractivity contribution in [2.24, 2.45) is 0 Å². The van der Waals surface area contributed by atoms with Crippen molar-refractivity contribution < 1.29 is 18.3 Å². The van der Waals surface area contributed by atoms with Crippen LogP contribution in [-0.4, -0.2) is 24.3 Å². The maximum Gasteiger partial charge on any atom is 0.416 e. The van der Waals surface area contributed by atoms with Crippen molar-refractivity contribution in [1.82, 2.24) is 0 Å². The Kier molecular flexibility index (Phi) is 4.42. The number of aliphatic hydroxyl groups excluding tert-OH is 1. The van der Waals surface area contributed by atoms with Crippen LogP contribution in [0, 0.1) is 0 Å². The highest BCUT2D eigenvalue weighted by Gasteiger charge is 2.32. The summed E-state index contributed by atoms with van der Waals surface area (Å²) in [5.41, 5.74) is 5.75. The van der Waals surface area contributed by atoms with Gasteiger partial charge in [0.25, 0.3) is 0 Å². The topological polar surface area (TPSA) is 49.5 Å². The molecule has 0 bridgehead atoms. The van der Waals surface area contributed by atoms with Crippen LogP contribution in [0.3, 0.4) is 0 Å². The van der Waals surface area contributed by atoms with Gasteiger partial charge < -0.3 is 15.7 Å². The van der Waals surface area contributed by atoms with Crippen LogP contribution in [0.1, 0.15) is 31.2 Å². The van der Waals surface area contributed by atoms with Gasteiger partial charge in [0.15, 0.2) is 0 Å². The van der Waals surface area contributed by atoms with Crippen LogP contribution in [0.15, 0.2) is 18.2 Å². The van der Waals surface area contributed by atoms with E-state index in [0.29, 0.717) is 12.2 Å². The third-order valence-corrected chi connectivity index (χ3v) is 3.77. The van der Waals surface area contributed by atoms with Gasteiger partial charge in [-0.2, -0.15) is 13.2 Å². The van der Waals surface area contributed by atoms with Gasteiger partial charge in [0.2, 0.25) is 0 Å². The second-order valence-electron chi connectivity index (χ2n) is 5.13. The van der Waals surface area contributed by atoms with Gasteiger partial charge >= 0.3 is 6.18 Å². The molecule has 112 valence electrons. The molecule has 0 aromatic heterocycles. The van der Waals surface area contributed by atoms with E-state index in [2.05, 4.69) is 0 Å². The van der Waals surface area contributed by atoms with Gasteiger partial charge in [0, 0.05) is 12.6 Å². The summed E-state index contributed by atoms with van der Waals surface area (Å²) in [5.74, 6) is 0. The molecule has 1 aromatic carbocycles. The molecule has 1 aromatic rings. The highest BCUT2D eigenvalue weighted by atomic mass is 19.4. The van der Waals surface area contributed by atoms with E-state index in [1.807, 2.05) is 4.90 Å². The summed E-state index contributed by atoms with van der Waals surface area (Å²) in [6, 6.07) is 3.67. The molecule has 1 aliphatic rings. The lowest BCUT2D eigenvalue weighted by Gasteiger charge is -2.31. The number of alkyl halides is 3. The predicted octanol–water partition coefficient (Wildman–Crippen LogP) is 3.03. The quantitative estimate of drug-likeness (QED) is 0.837. The summed E-state index contributed by atoms with van der Waals surface area (Å²) in [5, 5.41) is 9.17. The van der Waals surface area contributed by atoms with Crippen molar-refractivity contribution in [3.8, 4) is 0 Å². The summed E-state index contributed by atoms with van der Waals surface area (Å²) < 4.78 is 37.9. The molecular formula is C14H19F3N2O. The zero-order valence-corrected chi connectivity index (χ0v) is 11.2. The summed E-state index contributed by atoms with van der Waals surface area (Å²) in [4.78, 5) is 1.93. The summed E-state index contributed by atoms with van der Waals surface area (Å²) >= 11 is 0. The molecule has 0 aliphatic heterocycles. The van der Waals surface area contributed by atoms with E-state index < -0.39 is 11.7 Å². The first-order chi connectivity index (χ1) is 9.43. The minimum atomic E-state index is -4.39. The van der Waals surface area contributed by atoms with E-state index >= 15 is 0 Å². The van der Waals surface area contributed by atoms with Crippen LogP contribution < -0.4 is 10.6 Å². The van der Waals surface area contributed by atoms with E-state index in [9.17, 15) is 18.3 Å². The molecule has 0 unspecified atom stereocenters. The number of nitrogen functional groups attached to an aromatic ring is 1. The van der Waals surface area contributed by atoms with Crippen molar-refractivity contribution in [1.29, 1.82) is 0 Å². The van der Waals surface area contributed by atoms with Crippen LogP contribution in [0.2, 0.25) is 0 Å². The van der Waals surface area contributed by atoms with Gasteiger partial charge in [-0.3, -0.25) is 0 Å². The number of nitrogens with zero attached hydrogens (tertiary/aromatic N) is 1. The van der Waals surface area contributed by atoms with E-state index in [0.717, 1.165) is 37.8 Å². The highest BCUT2D eigenvalue weighted by molar-refractivity contribution is 5.69. The molecule has 3 N–H and O–H groups in total. The van der Waals surface area contributed by atoms with Crippen LogP contribution in [0.5, 0.6) is 0 Å². The fraction of sp³-hybridized carbons (Fsp3) is 0.571. The Morgan fingerprint density at radius 2 is 1.90 bits per heavy atom. The van der Waals surface area contributed by atoms with Gasteiger partial charge in [0.05, 0.1) is 23.5 Å². The van der Waals surface area contributed by atoms with Crippen LogP contribution >= 0.6 is 0 Å². The Balaban J connectivity index is 2.29. The van der Waals surface area contributed by atoms with E-state index in [1.54, 1.807) is 0 Å². The summed E-state index contributed by atoms with van der Waals surface area (Å²) in [7, 11) is 0. The SMILES string of the molecule is Nc1cc(C(F)(F)F)ccc1N(CCO)C1CCCC1. The predicted molar refractivity (Wildman–Crippen MR) is 72.5 cm³/mol. The molecule has 3 nitrogen and oxygen atoms in total. The van der Waals surface area contributed by atoms with Crippen molar-refractivity contribution >= 4 is 11.4 Å². The molecule has 20 heavy (non-hydrogen) atoms. The smallest absolute Gasteiger partial charge is 0.397 e. The molecule has 1 saturated carbocycles. The molecule has 0 saturated heterocycles. The number of aliphatic hydroxyl groups is 1. The third-order valence-electron chi connectivity index (χ3n) is 3.77. The minimum Gasteiger partial charge on any atom is -0.397 e. The van der Waals surface area contributed by atoms with E-state index in [1.165, 1.54) is 6.07 Å². The zero-order valence-electron chi connectivity index (χ0n) is 11.2. The molecule has 0 spiro atoms. The van der Waals surface area contributed by atoms with Crippen molar-refractivity contribution in [2.75, 3.05) is 23.8 Å². The maximum absolute atomic E-state index is 12.6. The van der Waals surface area contributed by atoms with Crippen LogP contribution in [-0.2, 0) is 6.18 Å². The molecule has 1 aliphatic carbocycles. The lowest BCUT2D eigenvalue weighted by molar-refractivity contribution is -0.137. The number of nitrogens with two attached hydrogens (primary N) is 1. The minimum absolute atomic E-state index is 0.0447. The van der Waals surface area contributed by atoms with Crippen molar-refractivity contribution in [3.05, 3.63) is 23.8 Å². The normalized spacial score (nSPS) is 16.6. The number of halogens is 3. The second kappa shape index (κ2) is 5.91. The molecule has 0 radical (unpaired) electrons. The monoisotopic (exact) mass is 288 g/mol. The average Bonchev–Trinajstić information content (AvgIpc) is 2.89. The van der Waals surface area contributed by atoms with Crippen molar-refractivity contribution in [2.45, 2.75) is 37.9 Å². The zero-order chi connectivity index (χ0) is 14.8. The van der Waals surface area contributed by atoms with Crippen molar-refractivity contribution in [3.63, 3.8) is 0 Å². The first-order valence-electron chi connectivity index (χ1n) is 6.77.